The standard InChI is InChI=1S/C37H77NO5Si4/c1-27(25-41-45(18,19)34(6,7)8)24-30-37(15,32(40)38(30)44(16,17)33(3,4)5)31(39)28(2)29(43-47(22,23)36(12,13)14)26-42-46(20,21)35(9,10)11/h24,28-30H,25-26H2,1-23H3/b27-24+/t28-,29-,30-,37+/m1/s1. The second-order valence-electron chi connectivity index (χ2n) is 20.8. The first kappa shape index (κ1) is 44.6. The van der Waals surface area contributed by atoms with Crippen molar-refractivity contribution in [3.63, 3.8) is 0 Å². The molecule has 0 aromatic carbocycles. The number of hydrogen-bond donors (Lipinski definition) is 0. The highest BCUT2D eigenvalue weighted by Crippen LogP contribution is 2.52. The Labute approximate surface area is 296 Å². The Morgan fingerprint density at radius 1 is 0.766 bits per heavy atom. The van der Waals surface area contributed by atoms with Gasteiger partial charge in [-0.25, -0.2) is 0 Å². The van der Waals surface area contributed by atoms with Crippen molar-refractivity contribution < 1.29 is 22.9 Å². The highest BCUT2D eigenvalue weighted by atomic mass is 28.4. The van der Waals surface area contributed by atoms with Crippen molar-refractivity contribution in [3.05, 3.63) is 11.6 Å². The molecule has 1 aliphatic rings. The van der Waals surface area contributed by atoms with Crippen LogP contribution < -0.4 is 0 Å². The first-order valence-electron chi connectivity index (χ1n) is 17.9. The summed E-state index contributed by atoms with van der Waals surface area (Å²) in [7, 11) is -8.68. The van der Waals surface area contributed by atoms with Crippen LogP contribution in [0.5, 0.6) is 0 Å². The van der Waals surface area contributed by atoms with Crippen molar-refractivity contribution in [1.29, 1.82) is 0 Å². The van der Waals surface area contributed by atoms with Gasteiger partial charge in [-0.1, -0.05) is 115 Å². The van der Waals surface area contributed by atoms with Gasteiger partial charge in [-0.2, -0.15) is 0 Å². The van der Waals surface area contributed by atoms with Crippen LogP contribution in [0.3, 0.4) is 0 Å². The van der Waals surface area contributed by atoms with Gasteiger partial charge in [0, 0.05) is 5.92 Å². The molecule has 0 spiro atoms. The Balaban J connectivity index is 3.71. The maximum Gasteiger partial charge on any atom is 0.231 e. The molecule has 0 unspecified atom stereocenters. The first-order chi connectivity index (χ1) is 20.4. The number of β-lactam (4-membered cyclic amide) rings is 1. The zero-order valence-electron chi connectivity index (χ0n) is 35.2. The van der Waals surface area contributed by atoms with Crippen molar-refractivity contribution in [3.8, 4) is 0 Å². The van der Waals surface area contributed by atoms with Gasteiger partial charge in [0.2, 0.25) is 5.91 Å². The molecule has 4 atom stereocenters. The molecule has 0 aliphatic carbocycles. The van der Waals surface area contributed by atoms with E-state index in [1.54, 1.807) is 0 Å². The summed E-state index contributed by atoms with van der Waals surface area (Å²) in [5.74, 6) is -0.597. The molecule has 276 valence electrons. The number of ketones is 1. The first-order valence-corrected chi connectivity index (χ1v) is 29.6. The van der Waals surface area contributed by atoms with Crippen LogP contribution in [0, 0.1) is 11.3 Å². The lowest BCUT2D eigenvalue weighted by molar-refractivity contribution is -0.167. The number of carbonyl (C=O) groups excluding carboxylic acids is 2. The number of rotatable bonds is 13. The van der Waals surface area contributed by atoms with E-state index in [2.05, 4.69) is 153 Å². The van der Waals surface area contributed by atoms with E-state index < -0.39 is 50.6 Å². The van der Waals surface area contributed by atoms with Gasteiger partial charge >= 0.3 is 0 Å². The average molecular weight is 728 g/mol. The molecule has 1 aliphatic heterocycles. The van der Waals surface area contributed by atoms with Gasteiger partial charge in [-0.05, 0) is 73.3 Å². The molecule has 0 aromatic heterocycles. The molecule has 1 fully saturated rings. The summed E-state index contributed by atoms with van der Waals surface area (Å²) in [6.45, 7) is 51.6. The Bertz CT molecular complexity index is 1170. The van der Waals surface area contributed by atoms with Crippen LogP contribution in [0.4, 0.5) is 0 Å². The largest absolute Gasteiger partial charge is 0.414 e. The predicted octanol–water partition coefficient (Wildman–Crippen LogP) is 10.8. The Kier molecular flexibility index (Phi) is 13.3. The minimum absolute atomic E-state index is 0.0290. The lowest BCUT2D eigenvalue weighted by atomic mass is 9.66. The lowest BCUT2D eigenvalue weighted by Crippen LogP contribution is -2.79. The minimum Gasteiger partial charge on any atom is -0.414 e. The quantitative estimate of drug-likeness (QED) is 0.0818. The van der Waals surface area contributed by atoms with Crippen LogP contribution in [0.15, 0.2) is 11.6 Å². The Morgan fingerprint density at radius 2 is 1.17 bits per heavy atom. The zero-order chi connectivity index (χ0) is 37.8. The molecule has 10 heteroatoms. The smallest absolute Gasteiger partial charge is 0.231 e. The van der Waals surface area contributed by atoms with Gasteiger partial charge in [0.1, 0.15) is 5.41 Å². The van der Waals surface area contributed by atoms with E-state index in [0.29, 0.717) is 13.2 Å². The summed E-state index contributed by atoms with van der Waals surface area (Å²) in [6, 6.07) is -0.330. The highest BCUT2D eigenvalue weighted by molar-refractivity contribution is 6.80. The van der Waals surface area contributed by atoms with E-state index in [-0.39, 0.29) is 37.9 Å². The van der Waals surface area contributed by atoms with Crippen molar-refractivity contribution in [2.24, 2.45) is 11.3 Å². The Morgan fingerprint density at radius 3 is 1.55 bits per heavy atom. The van der Waals surface area contributed by atoms with E-state index >= 15 is 0 Å². The number of carbonyl (C=O) groups is 2. The molecule has 1 heterocycles. The summed E-state index contributed by atoms with van der Waals surface area (Å²) in [6.07, 6.45) is 1.74. The van der Waals surface area contributed by atoms with E-state index in [4.69, 9.17) is 13.3 Å². The summed E-state index contributed by atoms with van der Waals surface area (Å²) < 4.78 is 22.5. The number of amides is 1. The van der Waals surface area contributed by atoms with E-state index in [9.17, 15) is 9.59 Å². The molecule has 0 radical (unpaired) electrons. The van der Waals surface area contributed by atoms with Gasteiger partial charge in [-0.15, -0.1) is 0 Å². The van der Waals surface area contributed by atoms with Crippen LogP contribution in [0.2, 0.25) is 72.5 Å². The lowest BCUT2D eigenvalue weighted by Gasteiger charge is -2.62. The van der Waals surface area contributed by atoms with E-state index in [0.717, 1.165) is 5.57 Å². The molecule has 1 amide bonds. The average Bonchev–Trinajstić information content (AvgIpc) is 2.85. The number of nitrogens with zero attached hydrogens (tertiary/aromatic N) is 1. The molecule has 0 bridgehead atoms. The van der Waals surface area contributed by atoms with Crippen LogP contribution in [0.25, 0.3) is 0 Å². The molecule has 6 nitrogen and oxygen atoms in total. The van der Waals surface area contributed by atoms with Crippen molar-refractivity contribution >= 4 is 44.9 Å². The van der Waals surface area contributed by atoms with Crippen molar-refractivity contribution in [1.82, 2.24) is 4.57 Å². The molecule has 0 saturated carbocycles. The summed E-state index contributed by atoms with van der Waals surface area (Å²) in [4.78, 5) is 29.4. The second kappa shape index (κ2) is 14.0. The Hall–Kier alpha value is -0.372. The van der Waals surface area contributed by atoms with Gasteiger partial charge < -0.3 is 17.8 Å². The van der Waals surface area contributed by atoms with Gasteiger partial charge in [0.25, 0.3) is 0 Å². The molecular weight excluding hydrogens is 651 g/mol. The van der Waals surface area contributed by atoms with Crippen LogP contribution >= 0.6 is 0 Å². The van der Waals surface area contributed by atoms with Crippen LogP contribution in [0.1, 0.15) is 104 Å². The fraction of sp³-hybridized carbons (Fsp3) is 0.892. The normalized spacial score (nSPS) is 22.7. The highest BCUT2D eigenvalue weighted by Gasteiger charge is 2.67. The maximum absolute atomic E-state index is 14.9. The third-order valence-electron chi connectivity index (χ3n) is 13.0. The van der Waals surface area contributed by atoms with Gasteiger partial charge in [-0.3, -0.25) is 9.59 Å². The maximum atomic E-state index is 14.9. The second-order valence-corrected chi connectivity index (χ2v) is 40.3. The molecule has 0 N–H and O–H groups in total. The zero-order valence-corrected chi connectivity index (χ0v) is 39.2. The molecule has 0 aromatic rings. The van der Waals surface area contributed by atoms with Gasteiger partial charge in [0.05, 0.1) is 25.4 Å². The fourth-order valence-electron chi connectivity index (χ4n) is 4.96. The molecule has 47 heavy (non-hydrogen) atoms. The van der Waals surface area contributed by atoms with Crippen LogP contribution in [-0.2, 0) is 22.9 Å². The summed E-state index contributed by atoms with van der Waals surface area (Å²) in [5.41, 5.74) is -0.114. The van der Waals surface area contributed by atoms with Crippen molar-refractivity contribution in [2.45, 2.75) is 189 Å². The summed E-state index contributed by atoms with van der Waals surface area (Å²) >= 11 is 0. The summed E-state index contributed by atoms with van der Waals surface area (Å²) in [5, 5.41) is 0.0216. The van der Waals surface area contributed by atoms with Crippen LogP contribution in [-0.4, -0.2) is 74.8 Å². The number of hydrogen-bond acceptors (Lipinski definition) is 5. The molecule has 1 saturated heterocycles. The molecular formula is C37H77NO5Si4. The minimum atomic E-state index is -2.31. The topological polar surface area (TPSA) is 65.1 Å². The monoisotopic (exact) mass is 727 g/mol. The van der Waals surface area contributed by atoms with Crippen molar-refractivity contribution in [2.75, 3.05) is 13.2 Å². The SMILES string of the molecule is C/C(=C\[C@H]1N([Si](C)(C)C(C)(C)C)C(=O)[C@]1(C)C(=O)[C@H](C)[C@@H](CO[Si](C)(C)C(C)(C)C)O[Si](C)(C)C(C)(C)C)CO[Si](C)(C)C(C)(C)C. The third kappa shape index (κ3) is 9.30. The van der Waals surface area contributed by atoms with E-state index in [1.165, 1.54) is 0 Å². The molecule has 1 rings (SSSR count). The van der Waals surface area contributed by atoms with E-state index in [1.807, 2.05) is 13.8 Å². The van der Waals surface area contributed by atoms with Gasteiger partial charge in [0.15, 0.2) is 39.0 Å². The predicted molar refractivity (Wildman–Crippen MR) is 212 cm³/mol. The third-order valence-corrected chi connectivity index (χ3v) is 31.9. The number of Topliss-reactive ketones (excluding diaryl/α,β-unsaturated/α-hetero) is 1. The fourth-order valence-corrected chi connectivity index (χ4v) is 10.9.